The molecule has 3 nitrogen and oxygen atoms in total. The van der Waals surface area contributed by atoms with Crippen LogP contribution in [-0.2, 0) is 4.74 Å². The van der Waals surface area contributed by atoms with Crippen LogP contribution in [0.25, 0.3) is 0 Å². The molecule has 2 saturated heterocycles. The zero-order valence-electron chi connectivity index (χ0n) is 11.7. The molecule has 0 bridgehead atoms. The van der Waals surface area contributed by atoms with Crippen LogP contribution in [0.4, 0.5) is 0 Å². The first kappa shape index (κ1) is 13.3. The number of hydrogen-bond acceptors (Lipinski definition) is 3. The highest BCUT2D eigenvalue weighted by Crippen LogP contribution is 2.30. The molecule has 2 rings (SSSR count). The van der Waals surface area contributed by atoms with Crippen LogP contribution in [0.1, 0.15) is 46.5 Å². The van der Waals surface area contributed by atoms with E-state index in [1.54, 1.807) is 0 Å². The average Bonchev–Trinajstić information content (AvgIpc) is 2.29. The fourth-order valence-corrected chi connectivity index (χ4v) is 3.30. The second kappa shape index (κ2) is 5.68. The Morgan fingerprint density at radius 2 is 1.88 bits per heavy atom. The number of nitrogens with zero attached hydrogens (tertiary/aromatic N) is 1. The maximum atomic E-state index is 6.29. The lowest BCUT2D eigenvalue weighted by Crippen LogP contribution is -2.52. The summed E-state index contributed by atoms with van der Waals surface area (Å²) in [6.07, 6.45) is 5.76. The maximum absolute atomic E-state index is 6.29. The van der Waals surface area contributed by atoms with E-state index in [4.69, 9.17) is 4.74 Å². The lowest BCUT2D eigenvalue weighted by molar-refractivity contribution is -0.0832. The summed E-state index contributed by atoms with van der Waals surface area (Å²) < 4.78 is 6.29. The van der Waals surface area contributed by atoms with Crippen molar-refractivity contribution in [2.24, 2.45) is 0 Å². The molecular weight excluding hydrogens is 212 g/mol. The molecule has 0 radical (unpaired) electrons. The van der Waals surface area contributed by atoms with Crippen molar-refractivity contribution < 1.29 is 4.74 Å². The molecule has 100 valence electrons. The van der Waals surface area contributed by atoms with Gasteiger partial charge in [0.15, 0.2) is 0 Å². The lowest BCUT2D eigenvalue weighted by Gasteiger charge is -2.46. The SMILES string of the molecule is CCN1CCC(OC2CCNCC2)CC1(C)C. The Bertz CT molecular complexity index is 236. The molecule has 0 saturated carbocycles. The van der Waals surface area contributed by atoms with Crippen LogP contribution in [0.2, 0.25) is 0 Å². The van der Waals surface area contributed by atoms with Crippen LogP contribution in [-0.4, -0.2) is 48.8 Å². The van der Waals surface area contributed by atoms with Crippen molar-refractivity contribution in [3.63, 3.8) is 0 Å². The Kier molecular flexibility index (Phi) is 4.45. The summed E-state index contributed by atoms with van der Waals surface area (Å²) in [5, 5.41) is 3.40. The van der Waals surface area contributed by atoms with Crippen molar-refractivity contribution in [3.05, 3.63) is 0 Å². The summed E-state index contributed by atoms with van der Waals surface area (Å²) in [5.41, 5.74) is 0.310. The van der Waals surface area contributed by atoms with Gasteiger partial charge in [-0.05, 0) is 59.2 Å². The standard InChI is InChI=1S/C14H28N2O/c1-4-16-10-7-13(11-14(16,2)3)17-12-5-8-15-9-6-12/h12-13,15H,4-11H2,1-3H3. The molecule has 0 spiro atoms. The van der Waals surface area contributed by atoms with E-state index < -0.39 is 0 Å². The highest BCUT2D eigenvalue weighted by Gasteiger charge is 2.35. The predicted octanol–water partition coefficient (Wildman–Crippen LogP) is 2.02. The van der Waals surface area contributed by atoms with Crippen LogP contribution in [0.15, 0.2) is 0 Å². The highest BCUT2D eigenvalue weighted by atomic mass is 16.5. The molecule has 2 fully saturated rings. The van der Waals surface area contributed by atoms with Gasteiger partial charge in [0.1, 0.15) is 0 Å². The van der Waals surface area contributed by atoms with E-state index in [1.807, 2.05) is 0 Å². The Balaban J connectivity index is 1.82. The van der Waals surface area contributed by atoms with E-state index in [0.717, 1.165) is 19.6 Å². The van der Waals surface area contributed by atoms with E-state index in [2.05, 4.69) is 31.0 Å². The van der Waals surface area contributed by atoms with Gasteiger partial charge in [0.2, 0.25) is 0 Å². The van der Waals surface area contributed by atoms with Gasteiger partial charge in [-0.15, -0.1) is 0 Å². The maximum Gasteiger partial charge on any atom is 0.0608 e. The molecule has 1 N–H and O–H groups in total. The molecule has 0 aromatic carbocycles. The Morgan fingerprint density at radius 3 is 2.47 bits per heavy atom. The van der Waals surface area contributed by atoms with Gasteiger partial charge in [0, 0.05) is 12.1 Å². The van der Waals surface area contributed by atoms with E-state index in [9.17, 15) is 0 Å². The summed E-state index contributed by atoms with van der Waals surface area (Å²) in [7, 11) is 0. The fourth-order valence-electron chi connectivity index (χ4n) is 3.30. The second-order valence-corrected chi connectivity index (χ2v) is 6.09. The van der Waals surface area contributed by atoms with E-state index in [1.165, 1.54) is 32.2 Å². The lowest BCUT2D eigenvalue weighted by atomic mass is 9.88. The van der Waals surface area contributed by atoms with Crippen LogP contribution < -0.4 is 5.32 Å². The third kappa shape index (κ3) is 3.43. The predicted molar refractivity (Wildman–Crippen MR) is 71.3 cm³/mol. The van der Waals surface area contributed by atoms with E-state index in [0.29, 0.717) is 17.7 Å². The monoisotopic (exact) mass is 240 g/mol. The van der Waals surface area contributed by atoms with Gasteiger partial charge < -0.3 is 10.1 Å². The molecule has 2 heterocycles. The molecule has 0 aromatic heterocycles. The number of likely N-dealkylation sites (tertiary alicyclic amines) is 1. The number of ether oxygens (including phenoxy) is 1. The van der Waals surface area contributed by atoms with E-state index in [-0.39, 0.29) is 0 Å². The minimum Gasteiger partial charge on any atom is -0.375 e. The Morgan fingerprint density at radius 1 is 1.18 bits per heavy atom. The molecule has 2 aliphatic heterocycles. The van der Waals surface area contributed by atoms with Crippen molar-refractivity contribution in [1.82, 2.24) is 10.2 Å². The minimum atomic E-state index is 0.310. The van der Waals surface area contributed by atoms with Gasteiger partial charge in [0.05, 0.1) is 12.2 Å². The first-order chi connectivity index (χ1) is 8.12. The van der Waals surface area contributed by atoms with Gasteiger partial charge >= 0.3 is 0 Å². The number of hydrogen-bond donors (Lipinski definition) is 1. The molecule has 17 heavy (non-hydrogen) atoms. The number of rotatable bonds is 3. The normalized spacial score (nSPS) is 31.6. The second-order valence-electron chi connectivity index (χ2n) is 6.09. The van der Waals surface area contributed by atoms with Crippen molar-refractivity contribution in [3.8, 4) is 0 Å². The van der Waals surface area contributed by atoms with Crippen LogP contribution in [0.3, 0.4) is 0 Å². The number of nitrogens with one attached hydrogen (secondary N) is 1. The first-order valence-electron chi connectivity index (χ1n) is 7.23. The highest BCUT2D eigenvalue weighted by molar-refractivity contribution is 4.90. The molecule has 0 amide bonds. The van der Waals surface area contributed by atoms with Crippen molar-refractivity contribution >= 4 is 0 Å². The topological polar surface area (TPSA) is 24.5 Å². The smallest absolute Gasteiger partial charge is 0.0608 e. The fraction of sp³-hybridized carbons (Fsp3) is 1.00. The van der Waals surface area contributed by atoms with Crippen LogP contribution in [0, 0.1) is 0 Å². The molecule has 1 atom stereocenters. The quantitative estimate of drug-likeness (QED) is 0.817. The summed E-state index contributed by atoms with van der Waals surface area (Å²) in [6.45, 7) is 11.6. The molecular formula is C14H28N2O. The van der Waals surface area contributed by atoms with Gasteiger partial charge in [-0.25, -0.2) is 0 Å². The van der Waals surface area contributed by atoms with Gasteiger partial charge in [-0.3, -0.25) is 4.90 Å². The van der Waals surface area contributed by atoms with Gasteiger partial charge in [0.25, 0.3) is 0 Å². The molecule has 0 aromatic rings. The molecule has 2 aliphatic rings. The number of piperidine rings is 2. The van der Waals surface area contributed by atoms with Gasteiger partial charge in [-0.1, -0.05) is 6.92 Å². The van der Waals surface area contributed by atoms with Crippen LogP contribution in [0.5, 0.6) is 0 Å². The molecule has 1 unspecified atom stereocenters. The minimum absolute atomic E-state index is 0.310. The van der Waals surface area contributed by atoms with Crippen molar-refractivity contribution in [1.29, 1.82) is 0 Å². The van der Waals surface area contributed by atoms with Crippen LogP contribution >= 0.6 is 0 Å². The Hall–Kier alpha value is -0.120. The van der Waals surface area contributed by atoms with Gasteiger partial charge in [-0.2, -0.15) is 0 Å². The van der Waals surface area contributed by atoms with Crippen molar-refractivity contribution in [2.75, 3.05) is 26.2 Å². The Labute approximate surface area is 106 Å². The zero-order chi connectivity index (χ0) is 12.3. The largest absolute Gasteiger partial charge is 0.375 e. The third-order valence-electron chi connectivity index (χ3n) is 4.36. The molecule has 3 heteroatoms. The summed E-state index contributed by atoms with van der Waals surface area (Å²) in [5.74, 6) is 0. The van der Waals surface area contributed by atoms with Crippen molar-refractivity contribution in [2.45, 2.75) is 64.2 Å². The summed E-state index contributed by atoms with van der Waals surface area (Å²) in [4.78, 5) is 2.58. The molecule has 0 aliphatic carbocycles. The summed E-state index contributed by atoms with van der Waals surface area (Å²) in [6, 6.07) is 0. The first-order valence-corrected chi connectivity index (χ1v) is 7.23. The average molecular weight is 240 g/mol. The third-order valence-corrected chi connectivity index (χ3v) is 4.36. The summed E-state index contributed by atoms with van der Waals surface area (Å²) >= 11 is 0. The zero-order valence-corrected chi connectivity index (χ0v) is 11.7. The van der Waals surface area contributed by atoms with E-state index >= 15 is 0 Å².